The van der Waals surface area contributed by atoms with Crippen molar-refractivity contribution < 1.29 is 19.2 Å². The number of hydrogen-bond donors (Lipinski definition) is 2. The van der Waals surface area contributed by atoms with Gasteiger partial charge in [-0.05, 0) is 31.0 Å². The molecule has 1 aliphatic heterocycles. The van der Waals surface area contributed by atoms with Crippen LogP contribution in [0.4, 0.5) is 5.69 Å². The molecule has 1 amide bonds. The van der Waals surface area contributed by atoms with Crippen LogP contribution in [0.1, 0.15) is 32.3 Å². The van der Waals surface area contributed by atoms with Crippen molar-refractivity contribution in [2.75, 3.05) is 31.6 Å². The zero-order chi connectivity index (χ0) is 16.7. The molecule has 126 valence electrons. The van der Waals surface area contributed by atoms with Crippen LogP contribution in [0.3, 0.4) is 0 Å². The number of carbonyl (C=O) groups excluding carboxylic acids is 2. The number of anilines is 1. The summed E-state index contributed by atoms with van der Waals surface area (Å²) in [6.07, 6.45) is 2.55. The number of aryl methyl sites for hydroxylation is 1. The number of hydrogen-bond acceptors (Lipinski definition) is 3. The van der Waals surface area contributed by atoms with Crippen molar-refractivity contribution in [2.24, 2.45) is 5.92 Å². The van der Waals surface area contributed by atoms with Gasteiger partial charge in [-0.25, -0.2) is 0 Å². The molecule has 1 fully saturated rings. The van der Waals surface area contributed by atoms with Crippen LogP contribution in [0.25, 0.3) is 0 Å². The fourth-order valence-electron chi connectivity index (χ4n) is 3.00. The molecule has 2 N–H and O–H groups in total. The van der Waals surface area contributed by atoms with Gasteiger partial charge in [0.15, 0.2) is 6.54 Å². The van der Waals surface area contributed by atoms with Crippen LogP contribution in [0.2, 0.25) is 0 Å². The van der Waals surface area contributed by atoms with Crippen LogP contribution in [0, 0.1) is 5.92 Å². The molecule has 0 saturated carbocycles. The first-order chi connectivity index (χ1) is 11.1. The van der Waals surface area contributed by atoms with E-state index in [1.54, 1.807) is 0 Å². The van der Waals surface area contributed by atoms with Crippen LogP contribution in [-0.2, 0) is 20.7 Å². The fourth-order valence-corrected chi connectivity index (χ4v) is 3.00. The van der Waals surface area contributed by atoms with E-state index in [9.17, 15) is 9.59 Å². The van der Waals surface area contributed by atoms with Crippen LogP contribution < -0.4 is 10.2 Å². The maximum atomic E-state index is 12.2. The first-order valence-electron chi connectivity index (χ1n) is 8.51. The lowest BCUT2D eigenvalue weighted by molar-refractivity contribution is -0.897. The molecule has 0 unspecified atom stereocenters. The Labute approximate surface area is 138 Å². The lowest BCUT2D eigenvalue weighted by Gasteiger charge is -2.27. The van der Waals surface area contributed by atoms with E-state index < -0.39 is 0 Å². The minimum atomic E-state index is -0.0904. The Hall–Kier alpha value is -1.88. The molecule has 0 bridgehead atoms. The summed E-state index contributed by atoms with van der Waals surface area (Å²) in [5.74, 6) is -0.0572. The number of piperidine rings is 1. The van der Waals surface area contributed by atoms with Gasteiger partial charge < -0.3 is 15.0 Å². The molecule has 0 atom stereocenters. The Morgan fingerprint density at radius 3 is 2.65 bits per heavy atom. The van der Waals surface area contributed by atoms with Crippen molar-refractivity contribution in [3.05, 3.63) is 29.8 Å². The maximum Gasteiger partial charge on any atom is 0.309 e. The molecule has 23 heavy (non-hydrogen) atoms. The van der Waals surface area contributed by atoms with Crippen LogP contribution in [-0.4, -0.2) is 38.1 Å². The van der Waals surface area contributed by atoms with Crippen LogP contribution >= 0.6 is 0 Å². The molecule has 5 nitrogen and oxygen atoms in total. The summed E-state index contributed by atoms with van der Waals surface area (Å²) in [5, 5.41) is 2.97. The molecule has 0 aliphatic carbocycles. The number of esters is 1. The topological polar surface area (TPSA) is 59.8 Å². The summed E-state index contributed by atoms with van der Waals surface area (Å²) >= 11 is 0. The van der Waals surface area contributed by atoms with E-state index in [1.807, 2.05) is 25.1 Å². The Balaban J connectivity index is 1.77. The Kier molecular flexibility index (Phi) is 6.59. The quantitative estimate of drug-likeness (QED) is 0.771. The smallest absolute Gasteiger partial charge is 0.309 e. The zero-order valence-corrected chi connectivity index (χ0v) is 14.1. The lowest BCUT2D eigenvalue weighted by atomic mass is 9.97. The highest BCUT2D eigenvalue weighted by Gasteiger charge is 2.29. The average Bonchev–Trinajstić information content (AvgIpc) is 2.55. The normalized spacial score (nSPS) is 20.8. The largest absolute Gasteiger partial charge is 0.466 e. The Morgan fingerprint density at radius 1 is 1.26 bits per heavy atom. The second-order valence-electron chi connectivity index (χ2n) is 6.06. The molecular formula is C18H27N2O3+. The number of likely N-dealkylation sites (tertiary alicyclic amines) is 1. The molecular weight excluding hydrogens is 292 g/mol. The molecule has 1 aromatic rings. The Morgan fingerprint density at radius 2 is 2.00 bits per heavy atom. The van der Waals surface area contributed by atoms with Gasteiger partial charge in [0.25, 0.3) is 5.91 Å². The minimum absolute atomic E-state index is 0.00277. The first-order valence-corrected chi connectivity index (χ1v) is 8.51. The van der Waals surface area contributed by atoms with Gasteiger partial charge in [-0.1, -0.05) is 19.1 Å². The van der Waals surface area contributed by atoms with E-state index in [0.29, 0.717) is 13.2 Å². The molecule has 1 saturated heterocycles. The Bertz CT molecular complexity index is 537. The highest BCUT2D eigenvalue weighted by molar-refractivity contribution is 5.91. The van der Waals surface area contributed by atoms with Gasteiger partial charge in [-0.15, -0.1) is 0 Å². The molecule has 0 radical (unpaired) electrons. The van der Waals surface area contributed by atoms with Crippen molar-refractivity contribution in [3.63, 3.8) is 0 Å². The number of rotatable bonds is 6. The van der Waals surface area contributed by atoms with Gasteiger partial charge in [0.2, 0.25) is 0 Å². The van der Waals surface area contributed by atoms with Gasteiger partial charge in [-0.3, -0.25) is 9.59 Å². The molecule has 0 aromatic heterocycles. The summed E-state index contributed by atoms with van der Waals surface area (Å²) in [6.45, 7) is 6.49. The van der Waals surface area contributed by atoms with Gasteiger partial charge in [0.05, 0.1) is 25.6 Å². The average molecular weight is 319 g/mol. The molecule has 1 aromatic carbocycles. The third-order valence-corrected chi connectivity index (χ3v) is 4.34. The van der Waals surface area contributed by atoms with Crippen molar-refractivity contribution in [3.8, 4) is 0 Å². The molecule has 0 spiro atoms. The number of ether oxygens (including phenoxy) is 1. The summed E-state index contributed by atoms with van der Waals surface area (Å²) in [5.41, 5.74) is 2.07. The maximum absolute atomic E-state index is 12.2. The van der Waals surface area contributed by atoms with Crippen LogP contribution in [0.5, 0.6) is 0 Å². The van der Waals surface area contributed by atoms with E-state index >= 15 is 0 Å². The molecule has 5 heteroatoms. The van der Waals surface area contributed by atoms with E-state index in [2.05, 4.69) is 18.3 Å². The molecule has 2 rings (SSSR count). The summed E-state index contributed by atoms with van der Waals surface area (Å²) < 4.78 is 5.07. The summed E-state index contributed by atoms with van der Waals surface area (Å²) in [7, 11) is 0. The predicted octanol–water partition coefficient (Wildman–Crippen LogP) is 1.05. The summed E-state index contributed by atoms with van der Waals surface area (Å²) in [4.78, 5) is 25.1. The van der Waals surface area contributed by atoms with Gasteiger partial charge in [0.1, 0.15) is 0 Å². The second-order valence-corrected chi connectivity index (χ2v) is 6.06. The van der Waals surface area contributed by atoms with Crippen molar-refractivity contribution in [2.45, 2.75) is 33.1 Å². The third-order valence-electron chi connectivity index (χ3n) is 4.34. The van der Waals surface area contributed by atoms with Crippen molar-refractivity contribution >= 4 is 17.6 Å². The number of carbonyl (C=O) groups is 2. The molecule has 1 aliphatic rings. The van der Waals surface area contributed by atoms with Crippen molar-refractivity contribution in [1.82, 2.24) is 0 Å². The van der Waals surface area contributed by atoms with Crippen LogP contribution in [0.15, 0.2) is 24.3 Å². The standard InChI is InChI=1S/C18H26N2O3/c1-3-14-6-5-7-16(12-14)19-17(21)13-20-10-8-15(9-11-20)18(22)23-4-2/h5-7,12,15H,3-4,8-11,13H2,1-2H3,(H,19,21)/p+1. The SMILES string of the molecule is CCOC(=O)C1CC[NH+](CC(=O)Nc2cccc(CC)c2)CC1. The van der Waals surface area contributed by atoms with E-state index in [4.69, 9.17) is 4.74 Å². The van der Waals surface area contributed by atoms with E-state index in [-0.39, 0.29) is 17.8 Å². The zero-order valence-electron chi connectivity index (χ0n) is 14.1. The van der Waals surface area contributed by atoms with Gasteiger partial charge in [0, 0.05) is 18.5 Å². The number of benzene rings is 1. The van der Waals surface area contributed by atoms with E-state index in [0.717, 1.165) is 38.0 Å². The third kappa shape index (κ3) is 5.36. The predicted molar refractivity (Wildman–Crippen MR) is 89.4 cm³/mol. The lowest BCUT2D eigenvalue weighted by Crippen LogP contribution is -3.14. The molecule has 1 heterocycles. The highest BCUT2D eigenvalue weighted by atomic mass is 16.5. The summed E-state index contributed by atoms with van der Waals surface area (Å²) in [6, 6.07) is 7.95. The minimum Gasteiger partial charge on any atom is -0.466 e. The second kappa shape index (κ2) is 8.67. The highest BCUT2D eigenvalue weighted by Crippen LogP contribution is 2.12. The van der Waals surface area contributed by atoms with Crippen molar-refractivity contribution in [1.29, 1.82) is 0 Å². The van der Waals surface area contributed by atoms with Gasteiger partial charge in [-0.2, -0.15) is 0 Å². The number of amides is 1. The monoisotopic (exact) mass is 319 g/mol. The first kappa shape index (κ1) is 17.5. The van der Waals surface area contributed by atoms with Gasteiger partial charge >= 0.3 is 5.97 Å². The fraction of sp³-hybridized carbons (Fsp3) is 0.556. The van der Waals surface area contributed by atoms with E-state index in [1.165, 1.54) is 10.5 Å². The number of quaternary nitrogens is 1. The number of nitrogens with one attached hydrogen (secondary N) is 2.